The Morgan fingerprint density at radius 2 is 2.00 bits per heavy atom. The van der Waals surface area contributed by atoms with E-state index in [0.29, 0.717) is 0 Å². The van der Waals surface area contributed by atoms with Crippen molar-refractivity contribution in [1.29, 1.82) is 0 Å². The fourth-order valence-electron chi connectivity index (χ4n) is 1.39. The summed E-state index contributed by atoms with van der Waals surface area (Å²) in [7, 11) is 2.17. The molecule has 1 saturated heterocycles. The van der Waals surface area contributed by atoms with Crippen molar-refractivity contribution in [3.05, 3.63) is 35.9 Å². The number of benzene rings is 1. The molecule has 2 rings (SSSR count). The van der Waals surface area contributed by atoms with Crippen LogP contribution in [-0.4, -0.2) is 24.5 Å². The lowest BCUT2D eigenvalue weighted by atomic mass is 10.1. The molecule has 2 atom stereocenters. The fraction of sp³-hybridized carbons (Fsp3) is 0.400. The summed E-state index contributed by atoms with van der Waals surface area (Å²) in [4.78, 5) is 2.37. The highest BCUT2D eigenvalue weighted by Gasteiger charge is 2.28. The second kappa shape index (κ2) is 2.67. The van der Waals surface area contributed by atoms with E-state index in [1.165, 1.54) is 18.5 Å². The summed E-state index contributed by atoms with van der Waals surface area (Å²) < 4.78 is 0. The Morgan fingerprint density at radius 3 is 2.55 bits per heavy atom. The third-order valence-corrected chi connectivity index (χ3v) is 2.30. The van der Waals surface area contributed by atoms with Gasteiger partial charge >= 0.3 is 0 Å². The minimum atomic E-state index is 0.817. The van der Waals surface area contributed by atoms with Gasteiger partial charge in [0.1, 0.15) is 0 Å². The highest BCUT2D eigenvalue weighted by molar-refractivity contribution is 5.17. The van der Waals surface area contributed by atoms with Crippen molar-refractivity contribution in [3.63, 3.8) is 0 Å². The molecule has 0 N–H and O–H groups in total. The smallest absolute Gasteiger partial charge is 0.0261 e. The van der Waals surface area contributed by atoms with Crippen LogP contribution in [-0.2, 0) is 6.42 Å². The summed E-state index contributed by atoms with van der Waals surface area (Å²) in [6.45, 7) is 1.27. The van der Waals surface area contributed by atoms with Crippen molar-refractivity contribution < 1.29 is 0 Å². The molecule has 0 radical (unpaired) electrons. The maximum absolute atomic E-state index is 2.37. The molecule has 1 aromatic rings. The first-order valence-corrected chi connectivity index (χ1v) is 4.10. The fourth-order valence-corrected chi connectivity index (χ4v) is 1.39. The minimum absolute atomic E-state index is 0.817. The van der Waals surface area contributed by atoms with Crippen LogP contribution in [0.25, 0.3) is 0 Å². The molecular weight excluding hydrogens is 134 g/mol. The Hall–Kier alpha value is -0.820. The quantitative estimate of drug-likeness (QED) is 0.573. The summed E-state index contributed by atoms with van der Waals surface area (Å²) in [5.41, 5.74) is 1.46. The first-order valence-electron chi connectivity index (χ1n) is 4.10. The third kappa shape index (κ3) is 1.60. The highest BCUT2D eigenvalue weighted by Crippen LogP contribution is 2.18. The molecule has 1 heteroatoms. The van der Waals surface area contributed by atoms with Crippen LogP contribution in [0.3, 0.4) is 0 Å². The van der Waals surface area contributed by atoms with E-state index in [9.17, 15) is 0 Å². The molecule has 1 aliphatic heterocycles. The standard InChI is InChI=1S/C10H13N/c1-11-8-10(11)7-9-5-3-2-4-6-9/h2-6,10H,7-8H2,1H3. The van der Waals surface area contributed by atoms with Gasteiger partial charge in [0.25, 0.3) is 0 Å². The van der Waals surface area contributed by atoms with Gasteiger partial charge in [-0.2, -0.15) is 0 Å². The summed E-state index contributed by atoms with van der Waals surface area (Å²) in [5.74, 6) is 0. The van der Waals surface area contributed by atoms with Gasteiger partial charge in [0.15, 0.2) is 0 Å². The van der Waals surface area contributed by atoms with Crippen molar-refractivity contribution in [1.82, 2.24) is 4.90 Å². The number of hydrogen-bond acceptors (Lipinski definition) is 1. The Labute approximate surface area is 67.6 Å². The number of rotatable bonds is 2. The van der Waals surface area contributed by atoms with Gasteiger partial charge in [0.2, 0.25) is 0 Å². The minimum Gasteiger partial charge on any atom is -0.300 e. The van der Waals surface area contributed by atoms with E-state index in [0.717, 1.165) is 6.04 Å². The molecule has 0 aromatic heterocycles. The molecule has 1 nitrogen and oxygen atoms in total. The SMILES string of the molecule is CN1CC1Cc1ccccc1. The molecule has 1 aliphatic rings. The van der Waals surface area contributed by atoms with E-state index in [1.807, 2.05) is 0 Å². The Balaban J connectivity index is 1.97. The van der Waals surface area contributed by atoms with E-state index >= 15 is 0 Å². The third-order valence-electron chi connectivity index (χ3n) is 2.30. The molecule has 0 aliphatic carbocycles. The van der Waals surface area contributed by atoms with Crippen molar-refractivity contribution in [3.8, 4) is 0 Å². The maximum atomic E-state index is 2.37. The van der Waals surface area contributed by atoms with Gasteiger partial charge in [-0.3, -0.25) is 0 Å². The zero-order valence-corrected chi connectivity index (χ0v) is 6.83. The van der Waals surface area contributed by atoms with Crippen molar-refractivity contribution >= 4 is 0 Å². The predicted octanol–water partition coefficient (Wildman–Crippen LogP) is 1.54. The van der Waals surface area contributed by atoms with Crippen LogP contribution in [0.5, 0.6) is 0 Å². The predicted molar refractivity (Wildman–Crippen MR) is 46.6 cm³/mol. The first-order chi connectivity index (χ1) is 5.36. The van der Waals surface area contributed by atoms with Gasteiger partial charge in [-0.1, -0.05) is 30.3 Å². The highest BCUT2D eigenvalue weighted by atomic mass is 15.3. The van der Waals surface area contributed by atoms with Gasteiger partial charge in [-0.25, -0.2) is 0 Å². The molecule has 0 saturated carbocycles. The second-order valence-electron chi connectivity index (χ2n) is 3.28. The van der Waals surface area contributed by atoms with E-state index in [2.05, 4.69) is 42.3 Å². The summed E-state index contributed by atoms with van der Waals surface area (Å²) in [6, 6.07) is 11.5. The zero-order chi connectivity index (χ0) is 7.68. The van der Waals surface area contributed by atoms with Crippen LogP contribution < -0.4 is 0 Å². The maximum Gasteiger partial charge on any atom is 0.0261 e. The van der Waals surface area contributed by atoms with E-state index in [4.69, 9.17) is 0 Å². The lowest BCUT2D eigenvalue weighted by molar-refractivity contribution is 0.611. The van der Waals surface area contributed by atoms with E-state index < -0.39 is 0 Å². The molecule has 1 heterocycles. The average molecular weight is 147 g/mol. The summed E-state index contributed by atoms with van der Waals surface area (Å²) >= 11 is 0. The van der Waals surface area contributed by atoms with Gasteiger partial charge in [0, 0.05) is 12.6 Å². The molecule has 2 unspecified atom stereocenters. The Kier molecular flexibility index (Phi) is 1.66. The first kappa shape index (κ1) is 6.86. The average Bonchev–Trinajstić information content (AvgIpc) is 2.69. The van der Waals surface area contributed by atoms with Crippen molar-refractivity contribution in [2.24, 2.45) is 0 Å². The number of nitrogens with zero attached hydrogens (tertiary/aromatic N) is 1. The second-order valence-corrected chi connectivity index (χ2v) is 3.28. The van der Waals surface area contributed by atoms with Gasteiger partial charge in [0.05, 0.1) is 0 Å². The lowest BCUT2D eigenvalue weighted by Gasteiger charge is -1.97. The Bertz CT molecular complexity index is 230. The molecular formula is C10H13N. The molecule has 0 amide bonds. The molecule has 58 valence electrons. The molecule has 0 spiro atoms. The molecule has 1 fully saturated rings. The van der Waals surface area contributed by atoms with Gasteiger partial charge in [-0.05, 0) is 19.0 Å². The van der Waals surface area contributed by atoms with E-state index in [-0.39, 0.29) is 0 Å². The lowest BCUT2D eigenvalue weighted by Crippen LogP contribution is -1.98. The monoisotopic (exact) mass is 147 g/mol. The van der Waals surface area contributed by atoms with Gasteiger partial charge in [-0.15, -0.1) is 0 Å². The van der Waals surface area contributed by atoms with Gasteiger partial charge < -0.3 is 4.90 Å². The zero-order valence-electron chi connectivity index (χ0n) is 6.83. The van der Waals surface area contributed by atoms with Crippen LogP contribution in [0.2, 0.25) is 0 Å². The molecule has 11 heavy (non-hydrogen) atoms. The molecule has 0 bridgehead atoms. The van der Waals surface area contributed by atoms with Crippen LogP contribution in [0.15, 0.2) is 30.3 Å². The van der Waals surface area contributed by atoms with Crippen molar-refractivity contribution in [2.75, 3.05) is 13.6 Å². The van der Waals surface area contributed by atoms with Crippen LogP contribution in [0.4, 0.5) is 0 Å². The molecule has 1 aromatic carbocycles. The summed E-state index contributed by atoms with van der Waals surface area (Å²) in [5, 5.41) is 0. The summed E-state index contributed by atoms with van der Waals surface area (Å²) in [6.07, 6.45) is 1.22. The number of likely N-dealkylation sites (N-methyl/N-ethyl adjacent to an activating group) is 1. The van der Waals surface area contributed by atoms with Crippen molar-refractivity contribution in [2.45, 2.75) is 12.5 Å². The van der Waals surface area contributed by atoms with Crippen LogP contribution in [0, 0.1) is 0 Å². The van der Waals surface area contributed by atoms with Crippen LogP contribution in [0.1, 0.15) is 5.56 Å². The number of hydrogen-bond donors (Lipinski definition) is 0. The normalized spacial score (nSPS) is 28.5. The van der Waals surface area contributed by atoms with E-state index in [1.54, 1.807) is 0 Å². The Morgan fingerprint density at radius 1 is 1.36 bits per heavy atom. The topological polar surface area (TPSA) is 3.01 Å². The largest absolute Gasteiger partial charge is 0.300 e. The van der Waals surface area contributed by atoms with Crippen LogP contribution >= 0.6 is 0 Å².